The maximum absolute atomic E-state index is 12.3. The lowest BCUT2D eigenvalue weighted by atomic mass is 9.88. The third-order valence-corrected chi connectivity index (χ3v) is 6.50. The minimum absolute atomic E-state index is 0.259. The molecule has 0 spiro atoms. The van der Waals surface area contributed by atoms with Gasteiger partial charge in [0, 0.05) is 36.6 Å². The van der Waals surface area contributed by atoms with Crippen LogP contribution in [0, 0.1) is 5.92 Å². The van der Waals surface area contributed by atoms with E-state index < -0.39 is 0 Å². The molecule has 2 aliphatic heterocycles. The Labute approximate surface area is 166 Å². The zero-order chi connectivity index (χ0) is 18.6. The molecule has 1 saturated carbocycles. The van der Waals surface area contributed by atoms with Gasteiger partial charge in [-0.25, -0.2) is 0 Å². The van der Waals surface area contributed by atoms with Gasteiger partial charge in [0.25, 0.3) is 0 Å². The fourth-order valence-electron chi connectivity index (χ4n) is 4.58. The monoisotopic (exact) mass is 392 g/mol. The number of halogens is 1. The number of hydrogen-bond donors (Lipinski definition) is 1. The fourth-order valence-corrected chi connectivity index (χ4v) is 4.80. The number of carbonyl (C=O) groups is 1. The van der Waals surface area contributed by atoms with Crippen LogP contribution < -0.4 is 14.8 Å². The van der Waals surface area contributed by atoms with E-state index in [0.717, 1.165) is 37.2 Å². The molecule has 3 aliphatic rings. The van der Waals surface area contributed by atoms with Crippen molar-refractivity contribution in [3.05, 3.63) is 22.7 Å². The van der Waals surface area contributed by atoms with Crippen LogP contribution in [0.2, 0.25) is 5.02 Å². The van der Waals surface area contributed by atoms with Crippen molar-refractivity contribution in [3.8, 4) is 11.5 Å². The van der Waals surface area contributed by atoms with Crippen LogP contribution in [0.25, 0.3) is 0 Å². The summed E-state index contributed by atoms with van der Waals surface area (Å²) >= 11 is 6.34. The van der Waals surface area contributed by atoms with Crippen molar-refractivity contribution in [1.29, 1.82) is 0 Å². The molecule has 1 aliphatic carbocycles. The molecule has 1 saturated heterocycles. The van der Waals surface area contributed by atoms with Gasteiger partial charge in [0.1, 0.15) is 0 Å². The number of nitrogens with zero attached hydrogens (tertiary/aromatic N) is 1. The largest absolute Gasteiger partial charge is 0.454 e. The molecule has 6 heteroatoms. The van der Waals surface area contributed by atoms with Crippen LogP contribution in [0.5, 0.6) is 11.5 Å². The molecule has 2 fully saturated rings. The van der Waals surface area contributed by atoms with Gasteiger partial charge in [-0.3, -0.25) is 4.79 Å². The summed E-state index contributed by atoms with van der Waals surface area (Å²) in [6.07, 6.45) is 9.31. The van der Waals surface area contributed by atoms with Gasteiger partial charge in [0.2, 0.25) is 12.7 Å². The standard InChI is InChI=1S/C21H29ClN2O3/c22-18-11-20-19(26-14-27-20)10-16(18)12-23-9-8-17-6-7-21(25)24(17)13-15-4-2-1-3-5-15/h10-11,15,17,23H,1-9,12-14H2/t17-/m0/s1. The van der Waals surface area contributed by atoms with E-state index in [1.165, 1.54) is 32.1 Å². The van der Waals surface area contributed by atoms with Crippen LogP contribution in [0.3, 0.4) is 0 Å². The summed E-state index contributed by atoms with van der Waals surface area (Å²) in [7, 11) is 0. The second-order valence-corrected chi connectivity index (χ2v) is 8.41. The highest BCUT2D eigenvalue weighted by atomic mass is 35.5. The van der Waals surface area contributed by atoms with Crippen molar-refractivity contribution in [3.63, 3.8) is 0 Å². The van der Waals surface area contributed by atoms with Crippen LogP contribution in [0.1, 0.15) is 56.9 Å². The first kappa shape index (κ1) is 18.9. The van der Waals surface area contributed by atoms with Crippen LogP contribution in [-0.2, 0) is 11.3 Å². The molecule has 148 valence electrons. The molecule has 27 heavy (non-hydrogen) atoms. The van der Waals surface area contributed by atoms with Gasteiger partial charge in [-0.2, -0.15) is 0 Å². The van der Waals surface area contributed by atoms with Crippen molar-refractivity contribution in [1.82, 2.24) is 10.2 Å². The van der Waals surface area contributed by atoms with Crippen molar-refractivity contribution in [2.24, 2.45) is 5.92 Å². The normalized spacial score (nSPS) is 22.6. The lowest BCUT2D eigenvalue weighted by molar-refractivity contribution is -0.129. The van der Waals surface area contributed by atoms with Crippen LogP contribution in [0.4, 0.5) is 0 Å². The minimum atomic E-state index is 0.259. The smallest absolute Gasteiger partial charge is 0.231 e. The number of amides is 1. The van der Waals surface area contributed by atoms with E-state index in [4.69, 9.17) is 21.1 Å². The molecule has 2 heterocycles. The van der Waals surface area contributed by atoms with Crippen molar-refractivity contribution in [2.75, 3.05) is 19.9 Å². The average molecular weight is 393 g/mol. The Bertz CT molecular complexity index is 676. The maximum atomic E-state index is 12.3. The van der Waals surface area contributed by atoms with E-state index >= 15 is 0 Å². The molecule has 5 nitrogen and oxygen atoms in total. The quantitative estimate of drug-likeness (QED) is 0.709. The number of ether oxygens (including phenoxy) is 2. The number of likely N-dealkylation sites (tertiary alicyclic amines) is 1. The highest BCUT2D eigenvalue weighted by Crippen LogP contribution is 2.36. The highest BCUT2D eigenvalue weighted by molar-refractivity contribution is 6.31. The number of carbonyl (C=O) groups excluding carboxylic acids is 1. The molecule has 1 aromatic carbocycles. The number of benzene rings is 1. The summed E-state index contributed by atoms with van der Waals surface area (Å²) in [5, 5.41) is 4.18. The van der Waals surface area contributed by atoms with Gasteiger partial charge < -0.3 is 19.7 Å². The first-order chi connectivity index (χ1) is 13.2. The first-order valence-electron chi connectivity index (χ1n) is 10.3. The molecule has 1 atom stereocenters. The third kappa shape index (κ3) is 4.52. The minimum Gasteiger partial charge on any atom is -0.454 e. The van der Waals surface area contributed by atoms with Gasteiger partial charge in [-0.05, 0) is 49.8 Å². The fraction of sp³-hybridized carbons (Fsp3) is 0.667. The zero-order valence-corrected chi connectivity index (χ0v) is 16.6. The summed E-state index contributed by atoms with van der Waals surface area (Å²) in [6.45, 7) is 2.80. The van der Waals surface area contributed by atoms with Gasteiger partial charge in [-0.1, -0.05) is 30.9 Å². The van der Waals surface area contributed by atoms with Gasteiger partial charge in [0.05, 0.1) is 0 Å². The lowest BCUT2D eigenvalue weighted by Gasteiger charge is -2.31. The molecule has 4 rings (SSSR count). The topological polar surface area (TPSA) is 50.8 Å². The summed E-state index contributed by atoms with van der Waals surface area (Å²) in [5.74, 6) is 2.54. The molecule has 1 N–H and O–H groups in total. The Balaban J connectivity index is 1.25. The van der Waals surface area contributed by atoms with Crippen LogP contribution >= 0.6 is 11.6 Å². The molecule has 1 aromatic rings. The average Bonchev–Trinajstić information content (AvgIpc) is 3.26. The molecular weight excluding hydrogens is 364 g/mol. The highest BCUT2D eigenvalue weighted by Gasteiger charge is 2.32. The third-order valence-electron chi connectivity index (χ3n) is 6.14. The number of hydrogen-bond acceptors (Lipinski definition) is 4. The second-order valence-electron chi connectivity index (χ2n) is 8.00. The van der Waals surface area contributed by atoms with Crippen molar-refractivity contribution >= 4 is 17.5 Å². The predicted octanol–water partition coefficient (Wildman–Crippen LogP) is 4.12. The number of rotatable bonds is 7. The Morgan fingerprint density at radius 1 is 1.11 bits per heavy atom. The number of nitrogens with one attached hydrogen (secondary N) is 1. The first-order valence-corrected chi connectivity index (χ1v) is 10.7. The van der Waals surface area contributed by atoms with Gasteiger partial charge >= 0.3 is 0 Å². The zero-order valence-electron chi connectivity index (χ0n) is 15.8. The van der Waals surface area contributed by atoms with Gasteiger partial charge in [-0.15, -0.1) is 0 Å². The number of fused-ring (bicyclic) bond motifs is 1. The maximum Gasteiger partial charge on any atom is 0.231 e. The molecule has 0 radical (unpaired) electrons. The molecule has 0 bridgehead atoms. The van der Waals surface area contributed by atoms with Crippen LogP contribution in [-0.4, -0.2) is 36.7 Å². The van der Waals surface area contributed by atoms with E-state index in [-0.39, 0.29) is 6.79 Å². The Morgan fingerprint density at radius 3 is 2.70 bits per heavy atom. The van der Waals surface area contributed by atoms with E-state index in [9.17, 15) is 4.79 Å². The summed E-state index contributed by atoms with van der Waals surface area (Å²) < 4.78 is 10.8. The lowest BCUT2D eigenvalue weighted by Crippen LogP contribution is -2.39. The molecule has 0 aromatic heterocycles. The van der Waals surface area contributed by atoms with Crippen molar-refractivity contribution in [2.45, 2.75) is 64.0 Å². The van der Waals surface area contributed by atoms with Crippen LogP contribution in [0.15, 0.2) is 12.1 Å². The Hall–Kier alpha value is -1.46. The summed E-state index contributed by atoms with van der Waals surface area (Å²) in [6, 6.07) is 4.16. The van der Waals surface area contributed by atoms with E-state index in [0.29, 0.717) is 41.6 Å². The van der Waals surface area contributed by atoms with E-state index in [1.807, 2.05) is 12.1 Å². The Kier molecular flexibility index (Phi) is 6.08. The molecular formula is C21H29ClN2O3. The predicted molar refractivity (Wildman–Crippen MR) is 105 cm³/mol. The molecule has 0 unspecified atom stereocenters. The summed E-state index contributed by atoms with van der Waals surface area (Å²) in [4.78, 5) is 14.5. The summed E-state index contributed by atoms with van der Waals surface area (Å²) in [5.41, 5.74) is 1.02. The Morgan fingerprint density at radius 2 is 1.89 bits per heavy atom. The van der Waals surface area contributed by atoms with Crippen molar-refractivity contribution < 1.29 is 14.3 Å². The second kappa shape index (κ2) is 8.70. The molecule has 1 amide bonds. The van der Waals surface area contributed by atoms with E-state index in [1.54, 1.807) is 0 Å². The SMILES string of the molecule is O=C1CC[C@@H](CCNCc2cc3c(cc2Cl)OCO3)N1CC1CCCCC1. The van der Waals surface area contributed by atoms with E-state index in [2.05, 4.69) is 10.2 Å². The van der Waals surface area contributed by atoms with Gasteiger partial charge in [0.15, 0.2) is 11.5 Å².